The summed E-state index contributed by atoms with van der Waals surface area (Å²) in [6.45, 7) is 2.09. The lowest BCUT2D eigenvalue weighted by Gasteiger charge is -2.19. The van der Waals surface area contributed by atoms with Gasteiger partial charge in [-0.05, 0) is 25.2 Å². The third-order valence-corrected chi connectivity index (χ3v) is 5.99. The van der Waals surface area contributed by atoms with Gasteiger partial charge in [0.15, 0.2) is 0 Å². The molecule has 0 amide bonds. The largest absolute Gasteiger partial charge is 0.478 e. The fourth-order valence-corrected chi connectivity index (χ4v) is 4.56. The molecule has 21 heavy (non-hydrogen) atoms. The normalized spacial score (nSPS) is 20.2. The number of hydrogen-bond acceptors (Lipinski definition) is 2. The van der Waals surface area contributed by atoms with Crippen molar-refractivity contribution in [3.05, 3.63) is 11.6 Å². The number of carbonyl (C=O) groups is 1. The van der Waals surface area contributed by atoms with E-state index >= 15 is 0 Å². The molecule has 2 N–H and O–H groups in total. The summed E-state index contributed by atoms with van der Waals surface area (Å²) in [6, 6.07) is 0. The van der Waals surface area contributed by atoms with E-state index in [0.717, 1.165) is 44.9 Å². The molecule has 1 atom stereocenters. The van der Waals surface area contributed by atoms with Gasteiger partial charge >= 0.3 is 5.97 Å². The first-order chi connectivity index (χ1) is 9.94. The number of aliphatic carboxylic acids is 1. The number of carboxylic acids is 1. The van der Waals surface area contributed by atoms with Gasteiger partial charge in [-0.25, -0.2) is 4.79 Å². The van der Waals surface area contributed by atoms with Crippen LogP contribution in [-0.4, -0.2) is 28.3 Å². The van der Waals surface area contributed by atoms with Crippen molar-refractivity contribution in [1.29, 1.82) is 0 Å². The fraction of sp³-hybridized carbons (Fsp3) is 0.812. The summed E-state index contributed by atoms with van der Waals surface area (Å²) < 4.78 is 12.2. The van der Waals surface area contributed by atoms with Gasteiger partial charge in [0.1, 0.15) is 0 Å². The number of unbranched alkanes of at least 4 members (excludes halogenated alkanes) is 3. The molecule has 0 saturated heterocycles. The molecule has 1 fully saturated rings. The minimum absolute atomic E-state index is 0.142. The smallest absolute Gasteiger partial charge is 0.331 e. The Bertz CT molecular complexity index is 397. The van der Waals surface area contributed by atoms with Crippen molar-refractivity contribution in [3.8, 4) is 0 Å². The highest BCUT2D eigenvalue weighted by molar-refractivity contribution is 7.58. The van der Waals surface area contributed by atoms with Crippen LogP contribution in [0, 0.1) is 5.92 Å². The summed E-state index contributed by atoms with van der Waals surface area (Å²) in [7, 11) is -3.36. The van der Waals surface area contributed by atoms with Crippen LogP contribution >= 0.6 is 7.37 Å². The van der Waals surface area contributed by atoms with Crippen LogP contribution in [0.4, 0.5) is 0 Å². The van der Waals surface area contributed by atoms with Crippen LogP contribution < -0.4 is 0 Å². The SMILES string of the molecule is CCCCCCP(=O)(O)C/C(=C\C1CCCCC1)C(=O)O. The average molecular weight is 316 g/mol. The van der Waals surface area contributed by atoms with Gasteiger partial charge in [-0.3, -0.25) is 4.57 Å². The lowest BCUT2D eigenvalue weighted by molar-refractivity contribution is -0.132. The zero-order chi connectivity index (χ0) is 15.7. The predicted molar refractivity (Wildman–Crippen MR) is 86.0 cm³/mol. The molecule has 0 aromatic heterocycles. The van der Waals surface area contributed by atoms with Gasteiger partial charge in [0.2, 0.25) is 7.37 Å². The molecule has 0 spiro atoms. The van der Waals surface area contributed by atoms with Crippen molar-refractivity contribution in [2.24, 2.45) is 5.92 Å². The van der Waals surface area contributed by atoms with Crippen LogP contribution in [0.25, 0.3) is 0 Å². The minimum atomic E-state index is -3.36. The summed E-state index contributed by atoms with van der Waals surface area (Å²) in [5.41, 5.74) is 0.142. The van der Waals surface area contributed by atoms with Crippen molar-refractivity contribution in [1.82, 2.24) is 0 Å². The zero-order valence-corrected chi connectivity index (χ0v) is 14.0. The van der Waals surface area contributed by atoms with E-state index in [0.29, 0.717) is 6.42 Å². The van der Waals surface area contributed by atoms with Crippen molar-refractivity contribution in [2.75, 3.05) is 12.3 Å². The minimum Gasteiger partial charge on any atom is -0.478 e. The average Bonchev–Trinajstić information content (AvgIpc) is 2.44. The number of rotatable bonds is 9. The zero-order valence-electron chi connectivity index (χ0n) is 13.1. The summed E-state index contributed by atoms with van der Waals surface area (Å²) >= 11 is 0. The van der Waals surface area contributed by atoms with E-state index in [1.54, 1.807) is 6.08 Å². The molecule has 1 unspecified atom stereocenters. The highest BCUT2D eigenvalue weighted by Gasteiger charge is 2.24. The van der Waals surface area contributed by atoms with E-state index in [4.69, 9.17) is 0 Å². The van der Waals surface area contributed by atoms with E-state index in [1.165, 1.54) is 6.42 Å². The molecule has 1 aliphatic carbocycles. The molecule has 1 aliphatic rings. The lowest BCUT2D eigenvalue weighted by Crippen LogP contribution is -2.12. The Balaban J connectivity index is 2.57. The second-order valence-corrected chi connectivity index (χ2v) is 8.64. The number of carboxylic acid groups (broad SMARTS) is 1. The summed E-state index contributed by atoms with van der Waals surface area (Å²) in [4.78, 5) is 21.3. The summed E-state index contributed by atoms with van der Waals surface area (Å²) in [5.74, 6) is -0.770. The number of hydrogen-bond donors (Lipinski definition) is 2. The maximum absolute atomic E-state index is 12.2. The predicted octanol–water partition coefficient (Wildman–Crippen LogP) is 4.43. The fourth-order valence-electron chi connectivity index (χ4n) is 2.91. The van der Waals surface area contributed by atoms with Gasteiger partial charge in [-0.2, -0.15) is 0 Å². The van der Waals surface area contributed by atoms with Crippen LogP contribution in [0.15, 0.2) is 11.6 Å². The van der Waals surface area contributed by atoms with E-state index in [-0.39, 0.29) is 23.8 Å². The van der Waals surface area contributed by atoms with E-state index in [9.17, 15) is 19.4 Å². The van der Waals surface area contributed by atoms with Gasteiger partial charge in [0.05, 0.1) is 6.16 Å². The van der Waals surface area contributed by atoms with Crippen LogP contribution in [0.3, 0.4) is 0 Å². The van der Waals surface area contributed by atoms with Crippen molar-refractivity contribution >= 4 is 13.3 Å². The summed E-state index contributed by atoms with van der Waals surface area (Å²) in [5, 5.41) is 9.28. The molecule has 0 bridgehead atoms. The lowest BCUT2D eigenvalue weighted by atomic mass is 9.88. The third kappa shape index (κ3) is 7.82. The molecule has 0 heterocycles. The molecule has 0 aromatic carbocycles. The molecule has 4 nitrogen and oxygen atoms in total. The monoisotopic (exact) mass is 316 g/mol. The molecule has 1 rings (SSSR count). The van der Waals surface area contributed by atoms with Crippen molar-refractivity contribution in [2.45, 2.75) is 64.7 Å². The van der Waals surface area contributed by atoms with Crippen LogP contribution in [0.5, 0.6) is 0 Å². The Labute approximate surface area is 128 Å². The first-order valence-electron chi connectivity index (χ1n) is 8.19. The molecular formula is C16H29O4P. The van der Waals surface area contributed by atoms with Crippen LogP contribution in [0.1, 0.15) is 64.7 Å². The van der Waals surface area contributed by atoms with E-state index in [1.807, 2.05) is 0 Å². The maximum Gasteiger partial charge on any atom is 0.331 e. The second-order valence-electron chi connectivity index (χ2n) is 6.18. The Morgan fingerprint density at radius 3 is 2.43 bits per heavy atom. The van der Waals surface area contributed by atoms with Gasteiger partial charge < -0.3 is 10.00 Å². The van der Waals surface area contributed by atoms with Gasteiger partial charge in [0.25, 0.3) is 0 Å². The molecule has 0 radical (unpaired) electrons. The molecule has 122 valence electrons. The number of allylic oxidation sites excluding steroid dienone is 1. The molecule has 0 aliphatic heterocycles. The Hall–Kier alpha value is -0.600. The molecule has 5 heteroatoms. The van der Waals surface area contributed by atoms with Crippen LogP contribution in [-0.2, 0) is 9.36 Å². The highest BCUT2D eigenvalue weighted by Crippen LogP contribution is 2.44. The highest BCUT2D eigenvalue weighted by atomic mass is 31.2. The topological polar surface area (TPSA) is 74.6 Å². The Morgan fingerprint density at radius 2 is 1.86 bits per heavy atom. The molecule has 0 aromatic rings. The van der Waals surface area contributed by atoms with Crippen molar-refractivity contribution < 1.29 is 19.4 Å². The second kappa shape index (κ2) is 9.42. The first kappa shape index (κ1) is 18.4. The van der Waals surface area contributed by atoms with E-state index in [2.05, 4.69) is 6.92 Å². The van der Waals surface area contributed by atoms with Crippen molar-refractivity contribution in [3.63, 3.8) is 0 Å². The van der Waals surface area contributed by atoms with Crippen LogP contribution in [0.2, 0.25) is 0 Å². The van der Waals surface area contributed by atoms with Gasteiger partial charge in [0, 0.05) is 11.7 Å². The third-order valence-electron chi connectivity index (χ3n) is 4.14. The van der Waals surface area contributed by atoms with E-state index < -0.39 is 13.3 Å². The summed E-state index contributed by atoms with van der Waals surface area (Å²) in [6.07, 6.45) is 11.1. The first-order valence-corrected chi connectivity index (χ1v) is 10.2. The molecule has 1 saturated carbocycles. The Kier molecular flexibility index (Phi) is 8.28. The van der Waals surface area contributed by atoms with Gasteiger partial charge in [-0.15, -0.1) is 0 Å². The standard InChI is InChI=1S/C16H29O4P/c1-2-3-4-8-11-21(19,20)13-15(16(17)18)12-14-9-6-5-7-10-14/h12,14H,2-11,13H2,1H3,(H,17,18)(H,19,20)/b15-12+. The van der Waals surface area contributed by atoms with Gasteiger partial charge in [-0.1, -0.05) is 51.5 Å². The maximum atomic E-state index is 12.2. The Morgan fingerprint density at radius 1 is 1.19 bits per heavy atom. The quantitative estimate of drug-likeness (QED) is 0.375. The molecular weight excluding hydrogens is 287 g/mol.